The molecule has 2 fully saturated rings. The first kappa shape index (κ1) is 21.9. The van der Waals surface area contributed by atoms with Gasteiger partial charge in [-0.15, -0.1) is 5.10 Å². The van der Waals surface area contributed by atoms with Crippen LogP contribution in [0.4, 0.5) is 16.2 Å². The molecule has 2 aliphatic rings. The Morgan fingerprint density at radius 3 is 2.55 bits per heavy atom. The van der Waals surface area contributed by atoms with Crippen molar-refractivity contribution < 1.29 is 9.13 Å². The summed E-state index contributed by atoms with van der Waals surface area (Å²) >= 11 is 5.97. The van der Waals surface area contributed by atoms with Crippen molar-refractivity contribution in [3.63, 3.8) is 0 Å². The number of aromatic nitrogens is 5. The zero-order chi connectivity index (χ0) is 23.1. The van der Waals surface area contributed by atoms with Gasteiger partial charge in [-0.1, -0.05) is 11.6 Å². The highest BCUT2D eigenvalue weighted by Crippen LogP contribution is 2.40. The van der Waals surface area contributed by atoms with Crippen LogP contribution in [0.2, 0.25) is 5.02 Å². The van der Waals surface area contributed by atoms with Crippen molar-refractivity contribution in [3.8, 4) is 11.8 Å². The van der Waals surface area contributed by atoms with Gasteiger partial charge >= 0.3 is 6.01 Å². The van der Waals surface area contributed by atoms with Gasteiger partial charge in [0.2, 0.25) is 5.95 Å². The predicted molar refractivity (Wildman–Crippen MR) is 124 cm³/mol. The Morgan fingerprint density at radius 2 is 1.88 bits per heavy atom. The fraction of sp³-hybridized carbons (Fsp3) is 0.478. The summed E-state index contributed by atoms with van der Waals surface area (Å²) in [7, 11) is 0. The molecule has 3 aromatic rings. The summed E-state index contributed by atoms with van der Waals surface area (Å²) in [5.74, 6) is 2.27. The summed E-state index contributed by atoms with van der Waals surface area (Å²) < 4.78 is 21.3. The highest BCUT2D eigenvalue weighted by Gasteiger charge is 2.43. The van der Waals surface area contributed by atoms with E-state index in [4.69, 9.17) is 16.3 Å². The van der Waals surface area contributed by atoms with E-state index in [1.165, 1.54) is 12.1 Å². The highest BCUT2D eigenvalue weighted by molar-refractivity contribution is 6.30. The summed E-state index contributed by atoms with van der Waals surface area (Å²) in [6.45, 7) is 7.84. The summed E-state index contributed by atoms with van der Waals surface area (Å²) in [6, 6.07) is 6.72. The molecule has 0 unspecified atom stereocenters. The average molecular weight is 472 g/mol. The number of nitrogens with zero attached hydrogens (tertiary/aromatic N) is 6. The van der Waals surface area contributed by atoms with Crippen molar-refractivity contribution in [3.05, 3.63) is 47.1 Å². The predicted octanol–water partition coefficient (Wildman–Crippen LogP) is 4.87. The molecule has 1 aliphatic carbocycles. The zero-order valence-electron chi connectivity index (χ0n) is 18.9. The molecule has 1 N–H and O–H groups in total. The van der Waals surface area contributed by atoms with E-state index in [2.05, 4.69) is 30.3 Å². The molecule has 0 radical (unpaired) electrons. The molecule has 1 aliphatic heterocycles. The molecule has 2 aromatic heterocycles. The van der Waals surface area contributed by atoms with Gasteiger partial charge in [-0.25, -0.2) is 19.0 Å². The van der Waals surface area contributed by atoms with E-state index in [1.807, 2.05) is 26.8 Å². The number of fused-ring (bicyclic) bond motifs is 2. The van der Waals surface area contributed by atoms with Crippen LogP contribution in [0.3, 0.4) is 0 Å². The van der Waals surface area contributed by atoms with Gasteiger partial charge in [-0.05, 0) is 57.6 Å². The maximum atomic E-state index is 13.7. The molecule has 10 heteroatoms. The number of rotatable bonds is 6. The fourth-order valence-electron chi connectivity index (χ4n) is 4.88. The SMILES string of the molecule is Cc1cc(N2C[C@H]3CC[C@@H](C2)[C@@H]3Nc2nc(Oc3cc(F)cc(Cl)c3)n(C(C)C)n2)ncn1. The van der Waals surface area contributed by atoms with E-state index in [1.54, 1.807) is 17.1 Å². The molecule has 3 heterocycles. The number of piperidine rings is 1. The first-order valence-corrected chi connectivity index (χ1v) is 11.6. The maximum absolute atomic E-state index is 13.7. The Hall–Kier alpha value is -2.94. The van der Waals surface area contributed by atoms with Gasteiger partial charge in [-0.3, -0.25) is 0 Å². The molecule has 33 heavy (non-hydrogen) atoms. The second-order valence-electron chi connectivity index (χ2n) is 9.15. The third-order valence-electron chi connectivity index (χ3n) is 6.38. The van der Waals surface area contributed by atoms with Crippen LogP contribution in [0, 0.1) is 24.6 Å². The van der Waals surface area contributed by atoms with Gasteiger partial charge in [0, 0.05) is 42.0 Å². The number of halogens is 2. The Labute approximate surface area is 197 Å². The smallest absolute Gasteiger partial charge is 0.322 e. The summed E-state index contributed by atoms with van der Waals surface area (Å²) in [5.41, 5.74) is 0.975. The number of anilines is 2. The lowest BCUT2D eigenvalue weighted by Crippen LogP contribution is -2.48. The van der Waals surface area contributed by atoms with Crippen molar-refractivity contribution in [1.29, 1.82) is 0 Å². The molecule has 3 atom stereocenters. The van der Waals surface area contributed by atoms with Gasteiger partial charge in [0.15, 0.2) is 0 Å². The monoisotopic (exact) mass is 471 g/mol. The minimum absolute atomic E-state index is 0.0201. The number of ether oxygens (including phenoxy) is 1. The Morgan fingerprint density at radius 1 is 1.12 bits per heavy atom. The van der Waals surface area contributed by atoms with Gasteiger partial charge in [0.25, 0.3) is 0 Å². The van der Waals surface area contributed by atoms with E-state index >= 15 is 0 Å². The molecule has 5 rings (SSSR count). The summed E-state index contributed by atoms with van der Waals surface area (Å²) in [6.07, 6.45) is 3.94. The van der Waals surface area contributed by atoms with Crippen LogP contribution in [-0.2, 0) is 0 Å². The Bertz CT molecular complexity index is 1120. The number of benzene rings is 1. The van der Waals surface area contributed by atoms with Crippen molar-refractivity contribution in [2.45, 2.75) is 45.7 Å². The standard InChI is InChI=1S/C23H27ClFN7O/c1-13(2)32-23(33-19-8-17(24)7-18(25)9-19)29-22(30-32)28-21-15-4-5-16(21)11-31(10-15)20-6-14(3)26-12-27-20/h6-9,12-13,15-16,21H,4-5,10-11H2,1-3H3,(H,28,30)/t15-,16+,21-. The molecule has 1 aromatic carbocycles. The van der Waals surface area contributed by atoms with Gasteiger partial charge < -0.3 is 15.0 Å². The van der Waals surface area contributed by atoms with E-state index in [0.29, 0.717) is 23.8 Å². The van der Waals surface area contributed by atoms with E-state index in [-0.39, 0.29) is 22.9 Å². The first-order valence-electron chi connectivity index (χ1n) is 11.3. The molecule has 8 nitrogen and oxygen atoms in total. The quantitative estimate of drug-likeness (QED) is 0.549. The van der Waals surface area contributed by atoms with Gasteiger partial charge in [-0.2, -0.15) is 4.98 Å². The number of hydrogen-bond donors (Lipinski definition) is 1. The number of nitrogens with one attached hydrogen (secondary N) is 1. The molecule has 2 bridgehead atoms. The molecule has 1 saturated carbocycles. The molecular formula is C23H27ClFN7O. The Balaban J connectivity index is 1.33. The lowest BCUT2D eigenvalue weighted by Gasteiger charge is -2.38. The normalized spacial score (nSPS) is 22.1. The highest BCUT2D eigenvalue weighted by atomic mass is 35.5. The van der Waals surface area contributed by atoms with Gasteiger partial charge in [0.1, 0.15) is 23.7 Å². The zero-order valence-corrected chi connectivity index (χ0v) is 19.6. The minimum Gasteiger partial charge on any atom is -0.424 e. The largest absolute Gasteiger partial charge is 0.424 e. The summed E-state index contributed by atoms with van der Waals surface area (Å²) in [4.78, 5) is 15.6. The molecule has 174 valence electrons. The number of aryl methyl sites for hydroxylation is 1. The van der Waals surface area contributed by atoms with Crippen molar-refractivity contribution in [2.75, 3.05) is 23.3 Å². The summed E-state index contributed by atoms with van der Waals surface area (Å²) in [5, 5.41) is 8.47. The van der Waals surface area contributed by atoms with Crippen molar-refractivity contribution >= 4 is 23.4 Å². The van der Waals surface area contributed by atoms with Crippen LogP contribution in [0.25, 0.3) is 0 Å². The second kappa shape index (κ2) is 8.78. The van der Waals surface area contributed by atoms with E-state index in [0.717, 1.165) is 37.4 Å². The third kappa shape index (κ3) is 4.59. The van der Waals surface area contributed by atoms with E-state index < -0.39 is 5.82 Å². The van der Waals surface area contributed by atoms with Crippen molar-refractivity contribution in [2.24, 2.45) is 11.8 Å². The average Bonchev–Trinajstić information content (AvgIpc) is 3.23. The minimum atomic E-state index is -0.464. The molecule has 0 amide bonds. The molecular weight excluding hydrogens is 445 g/mol. The topological polar surface area (TPSA) is 81.0 Å². The van der Waals surface area contributed by atoms with Crippen LogP contribution in [-0.4, -0.2) is 43.9 Å². The first-order chi connectivity index (χ1) is 15.9. The lowest BCUT2D eigenvalue weighted by atomic mass is 9.92. The van der Waals surface area contributed by atoms with E-state index in [9.17, 15) is 4.39 Å². The molecule has 1 saturated heterocycles. The lowest BCUT2D eigenvalue weighted by molar-refractivity contribution is 0.373. The van der Waals surface area contributed by atoms with Crippen LogP contribution < -0.4 is 15.0 Å². The second-order valence-corrected chi connectivity index (χ2v) is 9.59. The Kier molecular flexibility index (Phi) is 5.82. The van der Waals surface area contributed by atoms with Crippen molar-refractivity contribution in [1.82, 2.24) is 24.7 Å². The third-order valence-corrected chi connectivity index (χ3v) is 6.60. The fourth-order valence-corrected chi connectivity index (χ4v) is 5.09. The van der Waals surface area contributed by atoms with Crippen LogP contribution in [0.15, 0.2) is 30.6 Å². The molecule has 0 spiro atoms. The van der Waals surface area contributed by atoms with Crippen LogP contribution >= 0.6 is 11.6 Å². The van der Waals surface area contributed by atoms with Crippen LogP contribution in [0.5, 0.6) is 11.8 Å². The number of hydrogen-bond acceptors (Lipinski definition) is 7. The van der Waals surface area contributed by atoms with Gasteiger partial charge in [0.05, 0.1) is 6.04 Å². The van der Waals surface area contributed by atoms with Crippen LogP contribution in [0.1, 0.15) is 38.4 Å². The maximum Gasteiger partial charge on any atom is 0.322 e.